The molecule has 2 radical (unpaired) electrons. The molecule has 0 aromatic carbocycles. The molecule has 1 nitrogen and oxygen atoms in total. The molecule has 1 rings (SSSR count). The van der Waals surface area contributed by atoms with E-state index in [1.165, 1.54) is 0 Å². The van der Waals surface area contributed by atoms with E-state index in [-0.39, 0.29) is 23.1 Å². The number of aromatic amines is 1. The number of nitrogens with one attached hydrogen (secondary N) is 1. The van der Waals surface area contributed by atoms with E-state index < -0.39 is 0 Å². The van der Waals surface area contributed by atoms with Crippen LogP contribution in [0.1, 0.15) is 0 Å². The highest BCUT2D eigenvalue weighted by molar-refractivity contribution is 5.75. The maximum absolute atomic E-state index is 2.86. The SMILES string of the molecule is [Mg].c1cc[nH]c1. The van der Waals surface area contributed by atoms with Gasteiger partial charge in [0.1, 0.15) is 0 Å². The summed E-state index contributed by atoms with van der Waals surface area (Å²) in [6.07, 6.45) is 3.75. The molecule has 1 N–H and O–H groups in total. The molecule has 0 fully saturated rings. The minimum Gasteiger partial charge on any atom is -0.368 e. The quantitative estimate of drug-likeness (QED) is 0.451. The lowest BCUT2D eigenvalue weighted by atomic mass is 10.7. The molecule has 1 heterocycles. The molecule has 0 aliphatic carbocycles. The predicted molar refractivity (Wildman–Crippen MR) is 26.5 cm³/mol. The monoisotopic (exact) mass is 91.0 g/mol. The minimum absolute atomic E-state index is 0. The van der Waals surface area contributed by atoms with Gasteiger partial charge >= 0.3 is 0 Å². The van der Waals surface area contributed by atoms with Gasteiger partial charge in [0.2, 0.25) is 0 Å². The summed E-state index contributed by atoms with van der Waals surface area (Å²) in [6, 6.07) is 3.89. The topological polar surface area (TPSA) is 15.8 Å². The fraction of sp³-hybridized carbons (Fsp3) is 0. The van der Waals surface area contributed by atoms with Crippen LogP contribution in [-0.2, 0) is 0 Å². The van der Waals surface area contributed by atoms with E-state index in [2.05, 4.69) is 4.98 Å². The molecule has 28 valence electrons. The van der Waals surface area contributed by atoms with Gasteiger partial charge in [-0.1, -0.05) is 0 Å². The maximum atomic E-state index is 2.86. The molecule has 2 heteroatoms. The van der Waals surface area contributed by atoms with E-state index in [0.29, 0.717) is 0 Å². The van der Waals surface area contributed by atoms with E-state index in [1.807, 2.05) is 24.5 Å². The van der Waals surface area contributed by atoms with Crippen molar-refractivity contribution in [2.75, 3.05) is 0 Å². The second-order valence-electron chi connectivity index (χ2n) is 0.885. The lowest BCUT2D eigenvalue weighted by molar-refractivity contribution is 1.42. The normalized spacial score (nSPS) is 6.67. The van der Waals surface area contributed by atoms with E-state index in [4.69, 9.17) is 0 Å². The fourth-order valence-corrected chi connectivity index (χ4v) is 0.278. The average molecular weight is 91.4 g/mol. The molecule has 0 aliphatic heterocycles. The Morgan fingerprint density at radius 3 is 1.67 bits per heavy atom. The molecule has 0 saturated carbocycles. The van der Waals surface area contributed by atoms with Gasteiger partial charge in [0, 0.05) is 35.4 Å². The van der Waals surface area contributed by atoms with Gasteiger partial charge in [0.15, 0.2) is 0 Å². The lowest BCUT2D eigenvalue weighted by Gasteiger charge is -1.49. The Hall–Kier alpha value is 0.0462. The zero-order chi connectivity index (χ0) is 3.54. The van der Waals surface area contributed by atoms with Crippen LogP contribution in [0.5, 0.6) is 0 Å². The number of rotatable bonds is 0. The molecule has 0 atom stereocenters. The van der Waals surface area contributed by atoms with E-state index >= 15 is 0 Å². The summed E-state index contributed by atoms with van der Waals surface area (Å²) in [5, 5.41) is 0. The molecule has 0 saturated heterocycles. The second kappa shape index (κ2) is 3.24. The van der Waals surface area contributed by atoms with Crippen LogP contribution < -0.4 is 0 Å². The van der Waals surface area contributed by atoms with Crippen LogP contribution in [0.2, 0.25) is 0 Å². The van der Waals surface area contributed by atoms with Gasteiger partial charge in [-0.2, -0.15) is 0 Å². The highest BCUT2D eigenvalue weighted by Gasteiger charge is 1.55. The number of hydrogen-bond donors (Lipinski definition) is 1. The summed E-state index contributed by atoms with van der Waals surface area (Å²) in [7, 11) is 0. The van der Waals surface area contributed by atoms with Crippen molar-refractivity contribution in [1.82, 2.24) is 4.98 Å². The third-order valence-corrected chi connectivity index (χ3v) is 0.496. The van der Waals surface area contributed by atoms with Gasteiger partial charge in [0.25, 0.3) is 0 Å². The van der Waals surface area contributed by atoms with Crippen LogP contribution in [0.15, 0.2) is 24.5 Å². The van der Waals surface area contributed by atoms with Gasteiger partial charge in [-0.25, -0.2) is 0 Å². The van der Waals surface area contributed by atoms with Crippen molar-refractivity contribution in [3.8, 4) is 0 Å². The van der Waals surface area contributed by atoms with Gasteiger partial charge in [-0.3, -0.25) is 0 Å². The first-order valence-corrected chi connectivity index (χ1v) is 1.58. The zero-order valence-electron chi connectivity index (χ0n) is 3.52. The fourth-order valence-electron chi connectivity index (χ4n) is 0.278. The maximum Gasteiger partial charge on any atom is 0.000496 e. The van der Waals surface area contributed by atoms with Crippen molar-refractivity contribution in [3.05, 3.63) is 24.5 Å². The van der Waals surface area contributed by atoms with Crippen molar-refractivity contribution in [3.63, 3.8) is 0 Å². The summed E-state index contributed by atoms with van der Waals surface area (Å²) in [5.41, 5.74) is 0. The standard InChI is InChI=1S/C4H5N.Mg/c1-2-4-5-3-1;/h1-5H;. The third-order valence-electron chi connectivity index (χ3n) is 0.496. The van der Waals surface area contributed by atoms with Crippen LogP contribution in [-0.4, -0.2) is 28.0 Å². The molecule has 0 bridgehead atoms. The Kier molecular flexibility index (Phi) is 3.27. The molecule has 0 unspecified atom stereocenters. The number of hydrogen-bond acceptors (Lipinski definition) is 0. The largest absolute Gasteiger partial charge is 0.368 e. The Morgan fingerprint density at radius 2 is 1.50 bits per heavy atom. The lowest BCUT2D eigenvalue weighted by Crippen LogP contribution is -1.38. The van der Waals surface area contributed by atoms with Crippen LogP contribution >= 0.6 is 0 Å². The van der Waals surface area contributed by atoms with Crippen LogP contribution in [0.3, 0.4) is 0 Å². The van der Waals surface area contributed by atoms with Gasteiger partial charge < -0.3 is 4.98 Å². The van der Waals surface area contributed by atoms with Crippen LogP contribution in [0.4, 0.5) is 0 Å². The van der Waals surface area contributed by atoms with E-state index in [9.17, 15) is 0 Å². The van der Waals surface area contributed by atoms with Gasteiger partial charge in [0.05, 0.1) is 0 Å². The van der Waals surface area contributed by atoms with Crippen molar-refractivity contribution >= 4 is 23.1 Å². The van der Waals surface area contributed by atoms with Crippen molar-refractivity contribution in [1.29, 1.82) is 0 Å². The summed E-state index contributed by atoms with van der Waals surface area (Å²) >= 11 is 0. The van der Waals surface area contributed by atoms with Crippen molar-refractivity contribution in [2.24, 2.45) is 0 Å². The first-order valence-electron chi connectivity index (χ1n) is 1.58. The smallest absolute Gasteiger partial charge is 0.000496 e. The van der Waals surface area contributed by atoms with Crippen LogP contribution in [0, 0.1) is 0 Å². The second-order valence-corrected chi connectivity index (χ2v) is 0.885. The summed E-state index contributed by atoms with van der Waals surface area (Å²) in [6.45, 7) is 0. The summed E-state index contributed by atoms with van der Waals surface area (Å²) in [4.78, 5) is 2.86. The van der Waals surface area contributed by atoms with Gasteiger partial charge in [-0.15, -0.1) is 0 Å². The Morgan fingerprint density at radius 1 is 1.00 bits per heavy atom. The van der Waals surface area contributed by atoms with E-state index in [0.717, 1.165) is 0 Å². The molecule has 1 aromatic heterocycles. The third kappa shape index (κ3) is 1.47. The van der Waals surface area contributed by atoms with Crippen molar-refractivity contribution < 1.29 is 0 Å². The molecule has 0 spiro atoms. The molecule has 0 aliphatic rings. The first kappa shape index (κ1) is 6.05. The molecule has 6 heavy (non-hydrogen) atoms. The molecular formula is C4H5MgN. The zero-order valence-corrected chi connectivity index (χ0v) is 4.93. The summed E-state index contributed by atoms with van der Waals surface area (Å²) in [5.74, 6) is 0. The molecule has 0 amide bonds. The Bertz CT molecular complexity index is 64.0. The molecule has 1 aromatic rings. The number of aromatic nitrogens is 1. The van der Waals surface area contributed by atoms with Crippen molar-refractivity contribution in [2.45, 2.75) is 0 Å². The highest BCUT2D eigenvalue weighted by Crippen LogP contribution is 1.72. The number of H-pyrrole nitrogens is 1. The average Bonchev–Trinajstić information content (AvgIpc) is 1.76. The Labute approximate surface area is 52.9 Å². The summed E-state index contributed by atoms with van der Waals surface area (Å²) < 4.78 is 0. The van der Waals surface area contributed by atoms with Gasteiger partial charge in [-0.05, 0) is 12.1 Å². The predicted octanol–water partition coefficient (Wildman–Crippen LogP) is 0.634. The minimum atomic E-state index is 0. The van der Waals surface area contributed by atoms with Crippen LogP contribution in [0.25, 0.3) is 0 Å². The van der Waals surface area contributed by atoms with E-state index in [1.54, 1.807) is 0 Å². The first-order chi connectivity index (χ1) is 2.50. The Balaban J connectivity index is 0.000000250. The highest BCUT2D eigenvalue weighted by atomic mass is 24.3. The molecular weight excluding hydrogens is 86.4 g/mol.